The number of nitrogens with zero attached hydrogens (tertiary/aromatic N) is 2. The second-order valence-corrected chi connectivity index (χ2v) is 4.19. The van der Waals surface area contributed by atoms with Gasteiger partial charge in [0.2, 0.25) is 0 Å². The van der Waals surface area contributed by atoms with Crippen LogP contribution in [0.1, 0.15) is 5.56 Å². The lowest BCUT2D eigenvalue weighted by Gasteiger charge is -2.10. The molecule has 0 spiro atoms. The predicted octanol–water partition coefficient (Wildman–Crippen LogP) is 3.23. The van der Waals surface area contributed by atoms with Crippen LogP contribution in [0.15, 0.2) is 36.5 Å². The maximum Gasteiger partial charge on any atom is 0.273 e. The molecular weight excluding hydrogens is 284 g/mol. The number of methoxy groups -OCH3 is 1. The number of rotatable bonds is 5. The van der Waals surface area contributed by atoms with Crippen LogP contribution >= 0.6 is 11.6 Å². The largest absolute Gasteiger partial charge is 0.493 e. The van der Waals surface area contributed by atoms with Crippen LogP contribution in [0, 0.1) is 10.1 Å². The summed E-state index contributed by atoms with van der Waals surface area (Å²) in [6, 6.07) is 7.68. The molecule has 0 bridgehead atoms. The van der Waals surface area contributed by atoms with Gasteiger partial charge in [-0.05, 0) is 12.1 Å². The molecule has 0 aliphatic heterocycles. The zero-order valence-corrected chi connectivity index (χ0v) is 11.3. The van der Waals surface area contributed by atoms with Gasteiger partial charge in [-0.2, -0.15) is 0 Å². The third kappa shape index (κ3) is 3.16. The number of hydrogen-bond acceptors (Lipinski definition) is 5. The van der Waals surface area contributed by atoms with E-state index in [-0.39, 0.29) is 12.3 Å². The van der Waals surface area contributed by atoms with E-state index < -0.39 is 4.92 Å². The molecule has 7 heteroatoms. The zero-order valence-electron chi connectivity index (χ0n) is 10.6. The molecule has 0 aliphatic carbocycles. The Morgan fingerprint density at radius 3 is 2.80 bits per heavy atom. The Hall–Kier alpha value is -2.34. The summed E-state index contributed by atoms with van der Waals surface area (Å²) in [6.45, 7) is 0.195. The number of nitro benzene ring substituents is 1. The van der Waals surface area contributed by atoms with Crippen LogP contribution in [0.5, 0.6) is 11.5 Å². The Bertz CT molecular complexity index is 634. The Morgan fingerprint density at radius 1 is 1.35 bits per heavy atom. The molecule has 1 aromatic carbocycles. The maximum absolute atomic E-state index is 10.7. The van der Waals surface area contributed by atoms with E-state index >= 15 is 0 Å². The number of halogens is 1. The van der Waals surface area contributed by atoms with Crippen molar-refractivity contribution in [2.24, 2.45) is 0 Å². The number of benzene rings is 1. The van der Waals surface area contributed by atoms with Crippen LogP contribution in [0.25, 0.3) is 0 Å². The highest BCUT2D eigenvalue weighted by Gasteiger charge is 2.12. The molecular formula is C13H11ClN2O4. The van der Waals surface area contributed by atoms with Gasteiger partial charge < -0.3 is 9.47 Å². The summed E-state index contributed by atoms with van der Waals surface area (Å²) in [4.78, 5) is 14.1. The normalized spacial score (nSPS) is 10.1. The number of non-ortho nitro benzene ring substituents is 1. The van der Waals surface area contributed by atoms with Gasteiger partial charge in [0.25, 0.3) is 5.69 Å². The van der Waals surface area contributed by atoms with E-state index in [0.29, 0.717) is 16.7 Å². The molecule has 20 heavy (non-hydrogen) atoms. The molecule has 0 amide bonds. The van der Waals surface area contributed by atoms with Crippen LogP contribution < -0.4 is 9.47 Å². The highest BCUT2D eigenvalue weighted by molar-refractivity contribution is 6.30. The quantitative estimate of drug-likeness (QED) is 0.481. The van der Waals surface area contributed by atoms with Crippen molar-refractivity contribution in [2.45, 2.75) is 6.61 Å². The van der Waals surface area contributed by atoms with Crippen molar-refractivity contribution in [1.29, 1.82) is 0 Å². The topological polar surface area (TPSA) is 74.5 Å². The first-order valence-electron chi connectivity index (χ1n) is 5.66. The van der Waals surface area contributed by atoms with Crippen LogP contribution in [0.4, 0.5) is 5.69 Å². The average molecular weight is 295 g/mol. The van der Waals surface area contributed by atoms with E-state index in [2.05, 4.69) is 4.98 Å². The molecule has 0 saturated carbocycles. The minimum atomic E-state index is -0.496. The van der Waals surface area contributed by atoms with Gasteiger partial charge in [-0.25, -0.2) is 4.98 Å². The smallest absolute Gasteiger partial charge is 0.273 e. The molecule has 2 aromatic rings. The minimum Gasteiger partial charge on any atom is -0.493 e. The average Bonchev–Trinajstić information content (AvgIpc) is 2.46. The first-order valence-corrected chi connectivity index (χ1v) is 6.04. The first kappa shape index (κ1) is 14.1. The van der Waals surface area contributed by atoms with Crippen LogP contribution in [-0.4, -0.2) is 17.0 Å². The molecule has 0 aliphatic rings. The molecule has 104 valence electrons. The van der Waals surface area contributed by atoms with Crippen molar-refractivity contribution >= 4 is 17.3 Å². The van der Waals surface area contributed by atoms with Crippen molar-refractivity contribution in [1.82, 2.24) is 4.98 Å². The standard InChI is InChI=1S/C13H11ClN2O4/c1-19-12-7-10(16(17)18)4-5-11(12)20-8-9-3-2-6-15-13(9)14/h2-7H,8H2,1H3. The van der Waals surface area contributed by atoms with Crippen LogP contribution in [0.3, 0.4) is 0 Å². The van der Waals surface area contributed by atoms with Gasteiger partial charge in [-0.1, -0.05) is 17.7 Å². The van der Waals surface area contributed by atoms with E-state index in [4.69, 9.17) is 21.1 Å². The number of hydrogen-bond donors (Lipinski definition) is 0. The van der Waals surface area contributed by atoms with Gasteiger partial charge in [0.05, 0.1) is 18.1 Å². The Morgan fingerprint density at radius 2 is 2.15 bits per heavy atom. The third-order valence-corrected chi connectivity index (χ3v) is 2.92. The van der Waals surface area contributed by atoms with E-state index in [9.17, 15) is 10.1 Å². The van der Waals surface area contributed by atoms with Gasteiger partial charge in [0.1, 0.15) is 11.8 Å². The van der Waals surface area contributed by atoms with Gasteiger partial charge in [-0.3, -0.25) is 10.1 Å². The van der Waals surface area contributed by atoms with Crippen molar-refractivity contribution < 1.29 is 14.4 Å². The maximum atomic E-state index is 10.7. The lowest BCUT2D eigenvalue weighted by molar-refractivity contribution is -0.385. The Balaban J connectivity index is 2.17. The van der Waals surface area contributed by atoms with Crippen molar-refractivity contribution in [2.75, 3.05) is 7.11 Å². The fourth-order valence-corrected chi connectivity index (χ4v) is 1.75. The molecule has 6 nitrogen and oxygen atoms in total. The van der Waals surface area contributed by atoms with Gasteiger partial charge in [-0.15, -0.1) is 0 Å². The summed E-state index contributed by atoms with van der Waals surface area (Å²) >= 11 is 5.92. The van der Waals surface area contributed by atoms with Crippen molar-refractivity contribution in [3.05, 3.63) is 57.4 Å². The molecule has 1 heterocycles. The Kier molecular flexibility index (Phi) is 4.37. The lowest BCUT2D eigenvalue weighted by atomic mass is 10.2. The van der Waals surface area contributed by atoms with Crippen LogP contribution in [0.2, 0.25) is 5.15 Å². The molecule has 1 aromatic heterocycles. The minimum absolute atomic E-state index is 0.0615. The highest BCUT2D eigenvalue weighted by Crippen LogP contribution is 2.31. The molecule has 0 saturated heterocycles. The molecule has 0 atom stereocenters. The summed E-state index contributed by atoms with van der Waals surface area (Å²) in [5.41, 5.74) is 0.656. The van der Waals surface area contributed by atoms with Gasteiger partial charge in [0, 0.05) is 17.8 Å². The van der Waals surface area contributed by atoms with Crippen LogP contribution in [-0.2, 0) is 6.61 Å². The second kappa shape index (κ2) is 6.21. The monoisotopic (exact) mass is 294 g/mol. The fourth-order valence-electron chi connectivity index (χ4n) is 1.57. The third-order valence-electron chi connectivity index (χ3n) is 2.58. The zero-order chi connectivity index (χ0) is 14.5. The summed E-state index contributed by atoms with van der Waals surface area (Å²) in [5.74, 6) is 0.692. The number of ether oxygens (including phenoxy) is 2. The predicted molar refractivity (Wildman–Crippen MR) is 73.2 cm³/mol. The molecule has 2 rings (SSSR count). The van der Waals surface area contributed by atoms with E-state index in [1.165, 1.54) is 25.3 Å². The molecule has 0 N–H and O–H groups in total. The fraction of sp³-hybridized carbons (Fsp3) is 0.154. The van der Waals surface area contributed by atoms with Crippen molar-refractivity contribution in [3.63, 3.8) is 0 Å². The van der Waals surface area contributed by atoms with E-state index in [1.807, 2.05) is 0 Å². The second-order valence-electron chi connectivity index (χ2n) is 3.83. The summed E-state index contributed by atoms with van der Waals surface area (Å²) in [6.07, 6.45) is 1.58. The first-order chi connectivity index (χ1) is 9.61. The lowest BCUT2D eigenvalue weighted by Crippen LogP contribution is -1.99. The van der Waals surface area contributed by atoms with Gasteiger partial charge >= 0.3 is 0 Å². The highest BCUT2D eigenvalue weighted by atomic mass is 35.5. The molecule has 0 fully saturated rings. The van der Waals surface area contributed by atoms with E-state index in [1.54, 1.807) is 18.3 Å². The molecule has 0 unspecified atom stereocenters. The number of aromatic nitrogens is 1. The number of nitro groups is 1. The summed E-state index contributed by atoms with van der Waals surface area (Å²) in [7, 11) is 1.42. The summed E-state index contributed by atoms with van der Waals surface area (Å²) in [5, 5.41) is 11.0. The van der Waals surface area contributed by atoms with Gasteiger partial charge in [0.15, 0.2) is 11.5 Å². The Labute approximate surface area is 120 Å². The molecule has 0 radical (unpaired) electrons. The van der Waals surface area contributed by atoms with E-state index in [0.717, 1.165) is 5.56 Å². The SMILES string of the molecule is COc1cc([N+](=O)[O-])ccc1OCc1cccnc1Cl. The summed E-state index contributed by atoms with van der Waals surface area (Å²) < 4.78 is 10.6. The van der Waals surface area contributed by atoms with Crippen molar-refractivity contribution in [3.8, 4) is 11.5 Å². The number of pyridine rings is 1.